The van der Waals surface area contributed by atoms with Crippen molar-refractivity contribution in [3.8, 4) is 0 Å². The van der Waals surface area contributed by atoms with Crippen molar-refractivity contribution in [1.29, 1.82) is 0 Å². The Labute approximate surface area is 118 Å². The lowest BCUT2D eigenvalue weighted by molar-refractivity contribution is 0.0697. The highest BCUT2D eigenvalue weighted by atomic mass is 16.4. The van der Waals surface area contributed by atoms with Crippen LogP contribution >= 0.6 is 0 Å². The van der Waals surface area contributed by atoms with Crippen LogP contribution in [0.15, 0.2) is 24.5 Å². The summed E-state index contributed by atoms with van der Waals surface area (Å²) in [6.45, 7) is 10.1. The molecule has 0 atom stereocenters. The highest BCUT2D eigenvalue weighted by Crippen LogP contribution is 2.68. The van der Waals surface area contributed by atoms with E-state index < -0.39 is 5.97 Å². The molecule has 0 spiro atoms. The van der Waals surface area contributed by atoms with Gasteiger partial charge in [0.25, 0.3) is 0 Å². The zero-order valence-electron chi connectivity index (χ0n) is 12.3. The summed E-state index contributed by atoms with van der Waals surface area (Å²) in [5.74, 6) is -0.312. The molecule has 1 aromatic carbocycles. The van der Waals surface area contributed by atoms with Crippen LogP contribution in [-0.2, 0) is 6.54 Å². The van der Waals surface area contributed by atoms with Gasteiger partial charge < -0.3 is 9.67 Å². The lowest BCUT2D eigenvalue weighted by Gasteiger charge is -2.06. The van der Waals surface area contributed by atoms with Crippen molar-refractivity contribution in [2.75, 3.05) is 0 Å². The van der Waals surface area contributed by atoms with Crippen LogP contribution in [0.1, 0.15) is 38.1 Å². The molecule has 20 heavy (non-hydrogen) atoms. The Balaban J connectivity index is 1.97. The molecule has 0 unspecified atom stereocenters. The third-order valence-corrected chi connectivity index (χ3v) is 5.57. The van der Waals surface area contributed by atoms with Gasteiger partial charge in [-0.05, 0) is 34.9 Å². The second kappa shape index (κ2) is 3.84. The van der Waals surface area contributed by atoms with Crippen LogP contribution < -0.4 is 0 Å². The summed E-state index contributed by atoms with van der Waals surface area (Å²) in [6, 6.07) is 5.10. The monoisotopic (exact) mass is 272 g/mol. The predicted octanol–water partition coefficient (Wildman–Crippen LogP) is 3.42. The van der Waals surface area contributed by atoms with E-state index in [2.05, 4.69) is 37.2 Å². The van der Waals surface area contributed by atoms with Gasteiger partial charge >= 0.3 is 5.97 Å². The van der Waals surface area contributed by atoms with Gasteiger partial charge in [-0.15, -0.1) is 0 Å². The maximum Gasteiger partial charge on any atom is 0.335 e. The average Bonchev–Trinajstić information content (AvgIpc) is 2.69. The third-order valence-electron chi connectivity index (χ3n) is 5.57. The summed E-state index contributed by atoms with van der Waals surface area (Å²) in [7, 11) is 0. The Morgan fingerprint density at radius 1 is 1.30 bits per heavy atom. The van der Waals surface area contributed by atoms with Crippen molar-refractivity contribution in [3.63, 3.8) is 0 Å². The van der Waals surface area contributed by atoms with E-state index in [0.717, 1.165) is 17.6 Å². The lowest BCUT2D eigenvalue weighted by Crippen LogP contribution is -2.04. The number of rotatable bonds is 3. The molecule has 4 heteroatoms. The maximum atomic E-state index is 11.1. The zero-order valence-corrected chi connectivity index (χ0v) is 12.3. The van der Waals surface area contributed by atoms with Crippen LogP contribution in [0.3, 0.4) is 0 Å². The van der Waals surface area contributed by atoms with Crippen molar-refractivity contribution in [2.24, 2.45) is 16.7 Å². The molecule has 0 aliphatic heterocycles. The van der Waals surface area contributed by atoms with Gasteiger partial charge in [0.15, 0.2) is 0 Å². The highest BCUT2D eigenvalue weighted by molar-refractivity contribution is 5.92. The van der Waals surface area contributed by atoms with Crippen LogP contribution in [-0.4, -0.2) is 20.6 Å². The highest BCUT2D eigenvalue weighted by Gasteiger charge is 2.64. The Morgan fingerprint density at radius 3 is 2.50 bits per heavy atom. The van der Waals surface area contributed by atoms with Gasteiger partial charge in [-0.2, -0.15) is 0 Å². The number of fused-ring (bicyclic) bond motifs is 1. The van der Waals surface area contributed by atoms with E-state index in [0.29, 0.717) is 22.3 Å². The summed E-state index contributed by atoms with van der Waals surface area (Å²) in [6.07, 6.45) is 1.82. The molecule has 1 saturated carbocycles. The normalized spacial score (nSPS) is 20.2. The third kappa shape index (κ3) is 1.67. The van der Waals surface area contributed by atoms with E-state index in [-0.39, 0.29) is 0 Å². The van der Waals surface area contributed by atoms with Gasteiger partial charge in [-0.3, -0.25) is 0 Å². The zero-order chi connectivity index (χ0) is 14.7. The number of carboxylic acids is 1. The first-order chi connectivity index (χ1) is 9.25. The first-order valence-electron chi connectivity index (χ1n) is 6.93. The molecule has 3 rings (SSSR count). The first kappa shape index (κ1) is 13.2. The van der Waals surface area contributed by atoms with Crippen molar-refractivity contribution in [1.82, 2.24) is 9.55 Å². The molecule has 1 N–H and O–H groups in total. The fourth-order valence-corrected chi connectivity index (χ4v) is 3.32. The molecule has 0 radical (unpaired) electrons. The number of nitrogens with zero attached hydrogens (tertiary/aromatic N) is 2. The minimum Gasteiger partial charge on any atom is -0.478 e. The first-order valence-corrected chi connectivity index (χ1v) is 6.93. The Morgan fingerprint density at radius 2 is 1.95 bits per heavy atom. The van der Waals surface area contributed by atoms with E-state index in [1.54, 1.807) is 18.2 Å². The Hall–Kier alpha value is -1.84. The maximum absolute atomic E-state index is 11.1. The topological polar surface area (TPSA) is 55.1 Å². The molecule has 1 aliphatic carbocycles. The van der Waals surface area contributed by atoms with E-state index in [1.165, 1.54) is 0 Å². The summed E-state index contributed by atoms with van der Waals surface area (Å²) in [4.78, 5) is 15.5. The van der Waals surface area contributed by atoms with Gasteiger partial charge in [0.05, 0.1) is 22.9 Å². The van der Waals surface area contributed by atoms with Crippen molar-refractivity contribution in [3.05, 3.63) is 30.1 Å². The molecular weight excluding hydrogens is 252 g/mol. The minimum atomic E-state index is -0.897. The number of imidazole rings is 1. The molecule has 0 bridgehead atoms. The fraction of sp³-hybridized carbons (Fsp3) is 0.500. The second-order valence-corrected chi connectivity index (χ2v) is 6.90. The number of aromatic nitrogens is 2. The van der Waals surface area contributed by atoms with E-state index in [1.807, 2.05) is 6.33 Å². The molecule has 0 amide bonds. The molecule has 2 aromatic rings. The summed E-state index contributed by atoms with van der Waals surface area (Å²) in [5, 5.41) is 9.10. The van der Waals surface area contributed by atoms with Crippen molar-refractivity contribution >= 4 is 17.0 Å². The fourth-order valence-electron chi connectivity index (χ4n) is 3.32. The predicted molar refractivity (Wildman–Crippen MR) is 77.7 cm³/mol. The van der Waals surface area contributed by atoms with Crippen LogP contribution in [0.5, 0.6) is 0 Å². The van der Waals surface area contributed by atoms with Gasteiger partial charge in [0.2, 0.25) is 0 Å². The quantitative estimate of drug-likeness (QED) is 0.931. The molecule has 1 aromatic heterocycles. The summed E-state index contributed by atoms with van der Waals surface area (Å²) < 4.78 is 2.09. The minimum absolute atomic E-state index is 0.313. The second-order valence-electron chi connectivity index (χ2n) is 6.90. The molecule has 0 saturated heterocycles. The molecule has 106 valence electrons. The number of hydrogen-bond acceptors (Lipinski definition) is 2. The Bertz CT molecular complexity index is 684. The van der Waals surface area contributed by atoms with Crippen LogP contribution in [0, 0.1) is 16.7 Å². The summed E-state index contributed by atoms with van der Waals surface area (Å²) in [5.41, 5.74) is 2.70. The van der Waals surface area contributed by atoms with E-state index >= 15 is 0 Å². The van der Waals surface area contributed by atoms with Crippen LogP contribution in [0.25, 0.3) is 11.0 Å². The van der Waals surface area contributed by atoms with Crippen LogP contribution in [0.2, 0.25) is 0 Å². The molecule has 4 nitrogen and oxygen atoms in total. The number of carboxylic acid groups (broad SMARTS) is 1. The molecule has 1 heterocycles. The average molecular weight is 272 g/mol. The SMILES string of the molecule is CC1(C)C(Cn2cnc3ccc(C(=O)O)cc32)C1(C)C. The van der Waals surface area contributed by atoms with Crippen molar-refractivity contribution in [2.45, 2.75) is 34.2 Å². The number of benzene rings is 1. The number of carbonyl (C=O) groups is 1. The largest absolute Gasteiger partial charge is 0.478 e. The molecule has 1 fully saturated rings. The van der Waals surface area contributed by atoms with Crippen molar-refractivity contribution < 1.29 is 9.90 Å². The van der Waals surface area contributed by atoms with E-state index in [4.69, 9.17) is 5.11 Å². The summed E-state index contributed by atoms with van der Waals surface area (Å²) >= 11 is 0. The van der Waals surface area contributed by atoms with Crippen LogP contribution in [0.4, 0.5) is 0 Å². The lowest BCUT2D eigenvalue weighted by atomic mass is 10.0. The smallest absolute Gasteiger partial charge is 0.335 e. The molecule has 1 aliphatic rings. The standard InChI is InChI=1S/C16H20N2O2/c1-15(2)13(16(15,3)4)8-18-9-17-11-6-5-10(14(19)20)7-12(11)18/h5-7,9,13H,8H2,1-4H3,(H,19,20). The number of hydrogen-bond donors (Lipinski definition) is 1. The van der Waals surface area contributed by atoms with E-state index in [9.17, 15) is 4.79 Å². The Kier molecular flexibility index (Phi) is 2.53. The molecular formula is C16H20N2O2. The van der Waals surface area contributed by atoms with Gasteiger partial charge in [0.1, 0.15) is 0 Å². The van der Waals surface area contributed by atoms with Gasteiger partial charge in [0, 0.05) is 6.54 Å². The number of aromatic carboxylic acids is 1. The van der Waals surface area contributed by atoms with Gasteiger partial charge in [-0.25, -0.2) is 9.78 Å². The van der Waals surface area contributed by atoms with Gasteiger partial charge in [-0.1, -0.05) is 27.7 Å².